The second-order valence-corrected chi connectivity index (χ2v) is 5.23. The maximum Gasteiger partial charge on any atom is 0.233 e. The van der Waals surface area contributed by atoms with Crippen LogP contribution in [0, 0.1) is 6.92 Å². The molecule has 0 aliphatic heterocycles. The van der Waals surface area contributed by atoms with Crippen LogP contribution in [-0.4, -0.2) is 4.98 Å². The fourth-order valence-electron chi connectivity index (χ4n) is 1.98. The summed E-state index contributed by atoms with van der Waals surface area (Å²) in [5.41, 5.74) is 1.09. The number of hydrogen-bond acceptors (Lipinski definition) is 2. The number of benzene rings is 2. The predicted octanol–water partition coefficient (Wildman–Crippen LogP) is 5.10. The number of hydrogen-bond donors (Lipinski definition) is 0. The van der Waals surface area contributed by atoms with Crippen LogP contribution in [0.1, 0.15) is 5.56 Å². The molecule has 1 heterocycles. The van der Waals surface area contributed by atoms with Crippen LogP contribution >= 0.6 is 15.9 Å². The van der Waals surface area contributed by atoms with Crippen molar-refractivity contribution < 1.29 is 4.74 Å². The van der Waals surface area contributed by atoms with Gasteiger partial charge in [-0.1, -0.05) is 36.4 Å². The molecule has 19 heavy (non-hydrogen) atoms. The molecule has 94 valence electrons. The smallest absolute Gasteiger partial charge is 0.233 e. The van der Waals surface area contributed by atoms with Gasteiger partial charge >= 0.3 is 0 Å². The molecule has 0 unspecified atom stereocenters. The second kappa shape index (κ2) is 5.02. The molecule has 3 aromatic rings. The molecule has 0 aliphatic carbocycles. The Hall–Kier alpha value is -1.87. The SMILES string of the molecule is Cc1cnc(Oc2cccc3ccccc23)c(Br)c1. The highest BCUT2D eigenvalue weighted by atomic mass is 79.9. The van der Waals surface area contributed by atoms with Gasteiger partial charge in [-0.25, -0.2) is 4.98 Å². The molecule has 0 fully saturated rings. The molecular formula is C16H12BrNO. The lowest BCUT2D eigenvalue weighted by Crippen LogP contribution is -1.90. The molecule has 0 N–H and O–H groups in total. The number of nitrogens with zero attached hydrogens (tertiary/aromatic N) is 1. The molecule has 0 saturated carbocycles. The number of ether oxygens (including phenoxy) is 1. The van der Waals surface area contributed by atoms with Gasteiger partial charge in [-0.05, 0) is 45.9 Å². The highest BCUT2D eigenvalue weighted by Crippen LogP contribution is 2.32. The molecule has 2 aromatic carbocycles. The van der Waals surface area contributed by atoms with Gasteiger partial charge in [0.2, 0.25) is 5.88 Å². The first kappa shape index (κ1) is 12.2. The van der Waals surface area contributed by atoms with E-state index >= 15 is 0 Å². The van der Waals surface area contributed by atoms with E-state index < -0.39 is 0 Å². The molecule has 0 aliphatic rings. The van der Waals surface area contributed by atoms with Crippen molar-refractivity contribution in [2.75, 3.05) is 0 Å². The first-order valence-corrected chi connectivity index (χ1v) is 6.81. The minimum atomic E-state index is 0.585. The summed E-state index contributed by atoms with van der Waals surface area (Å²) in [6.07, 6.45) is 1.80. The molecular weight excluding hydrogens is 302 g/mol. The van der Waals surface area contributed by atoms with Crippen molar-refractivity contribution in [2.24, 2.45) is 0 Å². The highest BCUT2D eigenvalue weighted by Gasteiger charge is 2.07. The maximum atomic E-state index is 5.92. The lowest BCUT2D eigenvalue weighted by atomic mass is 10.1. The lowest BCUT2D eigenvalue weighted by Gasteiger charge is -2.09. The Morgan fingerprint density at radius 1 is 1.05 bits per heavy atom. The standard InChI is InChI=1S/C16H12BrNO/c1-11-9-14(17)16(18-10-11)19-15-8-4-6-12-5-2-3-7-13(12)15/h2-10H,1H3. The molecule has 1 aromatic heterocycles. The van der Waals surface area contributed by atoms with Crippen LogP contribution in [0.5, 0.6) is 11.6 Å². The topological polar surface area (TPSA) is 22.1 Å². The molecule has 3 heteroatoms. The third-order valence-corrected chi connectivity index (χ3v) is 3.47. The van der Waals surface area contributed by atoms with E-state index in [1.807, 2.05) is 43.3 Å². The number of fused-ring (bicyclic) bond motifs is 1. The Morgan fingerprint density at radius 3 is 2.68 bits per heavy atom. The fourth-order valence-corrected chi connectivity index (χ4v) is 2.53. The fraction of sp³-hybridized carbons (Fsp3) is 0.0625. The number of pyridine rings is 1. The third-order valence-electron chi connectivity index (χ3n) is 2.90. The largest absolute Gasteiger partial charge is 0.437 e. The van der Waals surface area contributed by atoms with Crippen molar-refractivity contribution in [3.05, 3.63) is 64.8 Å². The predicted molar refractivity (Wildman–Crippen MR) is 80.7 cm³/mol. The molecule has 0 atom stereocenters. The minimum absolute atomic E-state index is 0.585. The average Bonchev–Trinajstić information content (AvgIpc) is 2.42. The van der Waals surface area contributed by atoms with Gasteiger partial charge in [-0.2, -0.15) is 0 Å². The Balaban J connectivity index is 2.06. The number of halogens is 1. The van der Waals surface area contributed by atoms with Crippen molar-refractivity contribution in [2.45, 2.75) is 6.92 Å². The highest BCUT2D eigenvalue weighted by molar-refractivity contribution is 9.10. The first-order chi connectivity index (χ1) is 9.24. The van der Waals surface area contributed by atoms with E-state index in [-0.39, 0.29) is 0 Å². The van der Waals surface area contributed by atoms with E-state index in [1.165, 1.54) is 0 Å². The summed E-state index contributed by atoms with van der Waals surface area (Å²) < 4.78 is 6.78. The molecule has 0 radical (unpaired) electrons. The lowest BCUT2D eigenvalue weighted by molar-refractivity contribution is 0.464. The maximum absolute atomic E-state index is 5.92. The van der Waals surface area contributed by atoms with Gasteiger partial charge in [0.15, 0.2) is 0 Å². The Morgan fingerprint density at radius 2 is 1.84 bits per heavy atom. The molecule has 0 amide bonds. The van der Waals surface area contributed by atoms with Crippen molar-refractivity contribution in [3.8, 4) is 11.6 Å². The summed E-state index contributed by atoms with van der Waals surface area (Å²) in [4.78, 5) is 4.31. The van der Waals surface area contributed by atoms with E-state index in [4.69, 9.17) is 4.74 Å². The summed E-state index contributed by atoms with van der Waals surface area (Å²) in [5, 5.41) is 2.24. The molecule has 0 bridgehead atoms. The monoisotopic (exact) mass is 313 g/mol. The molecule has 0 spiro atoms. The van der Waals surface area contributed by atoms with Crippen molar-refractivity contribution >= 4 is 26.7 Å². The first-order valence-electron chi connectivity index (χ1n) is 6.02. The van der Waals surface area contributed by atoms with Gasteiger partial charge in [0.05, 0.1) is 4.47 Å². The van der Waals surface area contributed by atoms with Gasteiger partial charge in [-0.15, -0.1) is 0 Å². The third kappa shape index (κ3) is 2.47. The zero-order valence-electron chi connectivity index (χ0n) is 10.4. The van der Waals surface area contributed by atoms with Crippen molar-refractivity contribution in [1.82, 2.24) is 4.98 Å². The Bertz CT molecular complexity index is 734. The van der Waals surface area contributed by atoms with Crippen LogP contribution in [0.2, 0.25) is 0 Å². The number of rotatable bonds is 2. The van der Waals surface area contributed by atoms with E-state index in [2.05, 4.69) is 33.0 Å². The number of aryl methyl sites for hydroxylation is 1. The normalized spacial score (nSPS) is 10.6. The zero-order chi connectivity index (χ0) is 13.2. The van der Waals surface area contributed by atoms with Crippen molar-refractivity contribution in [3.63, 3.8) is 0 Å². The van der Waals surface area contributed by atoms with Crippen LogP contribution in [0.4, 0.5) is 0 Å². The van der Waals surface area contributed by atoms with Gasteiger partial charge in [0.25, 0.3) is 0 Å². The van der Waals surface area contributed by atoms with Gasteiger partial charge < -0.3 is 4.74 Å². The Kier molecular flexibility index (Phi) is 3.22. The quantitative estimate of drug-likeness (QED) is 0.656. The number of aromatic nitrogens is 1. The van der Waals surface area contributed by atoms with Crippen LogP contribution in [0.25, 0.3) is 10.8 Å². The average molecular weight is 314 g/mol. The van der Waals surface area contributed by atoms with Gasteiger partial charge in [0, 0.05) is 11.6 Å². The van der Waals surface area contributed by atoms with E-state index in [0.717, 1.165) is 26.6 Å². The zero-order valence-corrected chi connectivity index (χ0v) is 12.0. The van der Waals surface area contributed by atoms with E-state index in [0.29, 0.717) is 5.88 Å². The van der Waals surface area contributed by atoms with E-state index in [1.54, 1.807) is 6.20 Å². The van der Waals surface area contributed by atoms with Gasteiger partial charge in [0.1, 0.15) is 5.75 Å². The van der Waals surface area contributed by atoms with Crippen LogP contribution in [0.15, 0.2) is 59.2 Å². The molecule has 2 nitrogen and oxygen atoms in total. The van der Waals surface area contributed by atoms with Crippen LogP contribution in [0.3, 0.4) is 0 Å². The van der Waals surface area contributed by atoms with Crippen LogP contribution < -0.4 is 4.74 Å². The molecule has 3 rings (SSSR count). The van der Waals surface area contributed by atoms with Crippen LogP contribution in [-0.2, 0) is 0 Å². The molecule has 0 saturated heterocycles. The summed E-state index contributed by atoms with van der Waals surface area (Å²) >= 11 is 3.48. The van der Waals surface area contributed by atoms with E-state index in [9.17, 15) is 0 Å². The summed E-state index contributed by atoms with van der Waals surface area (Å²) in [6, 6.07) is 16.1. The summed E-state index contributed by atoms with van der Waals surface area (Å²) in [6.45, 7) is 2.00. The summed E-state index contributed by atoms with van der Waals surface area (Å²) in [5.74, 6) is 1.40. The second-order valence-electron chi connectivity index (χ2n) is 4.38. The summed E-state index contributed by atoms with van der Waals surface area (Å²) in [7, 11) is 0. The van der Waals surface area contributed by atoms with Gasteiger partial charge in [-0.3, -0.25) is 0 Å². The van der Waals surface area contributed by atoms with Crippen molar-refractivity contribution in [1.29, 1.82) is 0 Å². The minimum Gasteiger partial charge on any atom is -0.437 e. The Labute approximate surface area is 120 Å².